The van der Waals surface area contributed by atoms with Gasteiger partial charge in [-0.3, -0.25) is 0 Å². The predicted octanol–water partition coefficient (Wildman–Crippen LogP) is 1.86. The van der Waals surface area contributed by atoms with E-state index in [1.54, 1.807) is 6.20 Å². The van der Waals surface area contributed by atoms with Crippen molar-refractivity contribution >= 4 is 11.3 Å². The standard InChI is InChI=1S/C13H20N4O/c1-9(2)11(4-7-18)15-13-12-8-10(3)16-17(12)6-5-14-13/h5-6,8-9,11,18H,4,7H2,1-3H3,(H,14,15). The summed E-state index contributed by atoms with van der Waals surface area (Å²) in [6.07, 6.45) is 4.29. The SMILES string of the molecule is Cc1cc2c(NC(CCO)C(C)C)nccn2n1. The second-order valence-corrected chi connectivity index (χ2v) is 4.90. The number of aromatic nitrogens is 3. The first-order valence-electron chi connectivity index (χ1n) is 6.30. The third-order valence-electron chi connectivity index (χ3n) is 3.08. The van der Waals surface area contributed by atoms with E-state index < -0.39 is 0 Å². The Labute approximate surface area is 107 Å². The second kappa shape index (κ2) is 5.35. The van der Waals surface area contributed by atoms with Crippen LogP contribution in [0.2, 0.25) is 0 Å². The zero-order valence-electron chi connectivity index (χ0n) is 11.1. The molecule has 2 heterocycles. The zero-order chi connectivity index (χ0) is 13.1. The molecule has 0 aromatic carbocycles. The first kappa shape index (κ1) is 12.8. The number of aliphatic hydroxyl groups is 1. The third kappa shape index (κ3) is 2.61. The molecule has 5 heteroatoms. The van der Waals surface area contributed by atoms with Gasteiger partial charge >= 0.3 is 0 Å². The first-order chi connectivity index (χ1) is 8.61. The lowest BCUT2D eigenvalue weighted by Gasteiger charge is -2.22. The molecule has 2 aromatic rings. The number of rotatable bonds is 5. The molecule has 5 nitrogen and oxygen atoms in total. The summed E-state index contributed by atoms with van der Waals surface area (Å²) in [5, 5.41) is 16.9. The van der Waals surface area contributed by atoms with Crippen LogP contribution in [0.1, 0.15) is 26.0 Å². The Balaban J connectivity index is 2.29. The number of nitrogens with one attached hydrogen (secondary N) is 1. The highest BCUT2D eigenvalue weighted by atomic mass is 16.3. The summed E-state index contributed by atoms with van der Waals surface area (Å²) < 4.78 is 1.82. The summed E-state index contributed by atoms with van der Waals surface area (Å²) in [7, 11) is 0. The fourth-order valence-corrected chi connectivity index (χ4v) is 2.04. The second-order valence-electron chi connectivity index (χ2n) is 4.90. The molecule has 0 amide bonds. The lowest BCUT2D eigenvalue weighted by molar-refractivity contribution is 0.267. The molecule has 18 heavy (non-hydrogen) atoms. The van der Waals surface area contributed by atoms with Crippen LogP contribution in [-0.4, -0.2) is 32.4 Å². The average molecular weight is 248 g/mol. The van der Waals surface area contributed by atoms with Crippen LogP contribution in [0.3, 0.4) is 0 Å². The van der Waals surface area contributed by atoms with Crippen molar-refractivity contribution in [3.8, 4) is 0 Å². The Hall–Kier alpha value is -1.62. The molecule has 98 valence electrons. The van der Waals surface area contributed by atoms with E-state index in [4.69, 9.17) is 5.11 Å². The highest BCUT2D eigenvalue weighted by molar-refractivity contribution is 5.68. The van der Waals surface area contributed by atoms with E-state index in [1.165, 1.54) is 0 Å². The Bertz CT molecular complexity index is 521. The number of hydrogen-bond acceptors (Lipinski definition) is 4. The Morgan fingerprint density at radius 1 is 1.44 bits per heavy atom. The van der Waals surface area contributed by atoms with Crippen LogP contribution >= 0.6 is 0 Å². The number of fused-ring (bicyclic) bond motifs is 1. The van der Waals surface area contributed by atoms with Crippen molar-refractivity contribution in [1.82, 2.24) is 14.6 Å². The van der Waals surface area contributed by atoms with Crippen LogP contribution in [0.25, 0.3) is 5.52 Å². The van der Waals surface area contributed by atoms with Crippen LogP contribution in [0.5, 0.6) is 0 Å². The molecule has 0 fully saturated rings. The summed E-state index contributed by atoms with van der Waals surface area (Å²) >= 11 is 0. The molecule has 0 radical (unpaired) electrons. The van der Waals surface area contributed by atoms with Crippen molar-refractivity contribution < 1.29 is 5.11 Å². The molecule has 0 bridgehead atoms. The topological polar surface area (TPSA) is 62.5 Å². The van der Waals surface area contributed by atoms with E-state index in [0.717, 1.165) is 17.0 Å². The van der Waals surface area contributed by atoms with Gasteiger partial charge in [0.2, 0.25) is 0 Å². The third-order valence-corrected chi connectivity index (χ3v) is 3.08. The molecule has 1 unspecified atom stereocenters. The van der Waals surface area contributed by atoms with Gasteiger partial charge in [-0.2, -0.15) is 5.10 Å². The summed E-state index contributed by atoms with van der Waals surface area (Å²) in [5.74, 6) is 1.26. The van der Waals surface area contributed by atoms with E-state index in [0.29, 0.717) is 12.3 Å². The summed E-state index contributed by atoms with van der Waals surface area (Å²) in [5.41, 5.74) is 1.94. The molecule has 0 aliphatic heterocycles. The van der Waals surface area contributed by atoms with E-state index >= 15 is 0 Å². The van der Waals surface area contributed by atoms with Crippen molar-refractivity contribution in [2.45, 2.75) is 33.2 Å². The van der Waals surface area contributed by atoms with Gasteiger partial charge in [0.1, 0.15) is 5.52 Å². The highest BCUT2D eigenvalue weighted by Gasteiger charge is 2.15. The van der Waals surface area contributed by atoms with Gasteiger partial charge in [-0.1, -0.05) is 13.8 Å². The van der Waals surface area contributed by atoms with E-state index in [9.17, 15) is 0 Å². The number of hydrogen-bond donors (Lipinski definition) is 2. The monoisotopic (exact) mass is 248 g/mol. The Morgan fingerprint density at radius 2 is 2.22 bits per heavy atom. The van der Waals surface area contributed by atoms with Crippen molar-refractivity contribution in [3.05, 3.63) is 24.2 Å². The van der Waals surface area contributed by atoms with Gasteiger partial charge in [-0.25, -0.2) is 9.50 Å². The van der Waals surface area contributed by atoms with Crippen molar-refractivity contribution in [3.63, 3.8) is 0 Å². The molecule has 2 rings (SSSR count). The Kier molecular flexibility index (Phi) is 3.81. The maximum Gasteiger partial charge on any atom is 0.152 e. The summed E-state index contributed by atoms with van der Waals surface area (Å²) in [4.78, 5) is 4.37. The first-order valence-corrected chi connectivity index (χ1v) is 6.30. The number of aliphatic hydroxyl groups excluding tert-OH is 1. The molecule has 0 saturated carbocycles. The maximum absolute atomic E-state index is 9.10. The molecular weight excluding hydrogens is 228 g/mol. The largest absolute Gasteiger partial charge is 0.396 e. The normalized spacial score (nSPS) is 13.2. The molecular formula is C13H20N4O. The smallest absolute Gasteiger partial charge is 0.152 e. The van der Waals surface area contributed by atoms with Gasteiger partial charge in [-0.15, -0.1) is 0 Å². The summed E-state index contributed by atoms with van der Waals surface area (Å²) in [6, 6.07) is 2.22. The minimum absolute atomic E-state index is 0.178. The van der Waals surface area contributed by atoms with Crippen molar-refractivity contribution in [2.75, 3.05) is 11.9 Å². The predicted molar refractivity (Wildman–Crippen MR) is 71.7 cm³/mol. The van der Waals surface area contributed by atoms with Crippen LogP contribution in [-0.2, 0) is 0 Å². The molecule has 2 N–H and O–H groups in total. The zero-order valence-corrected chi connectivity index (χ0v) is 11.1. The van der Waals surface area contributed by atoms with Gasteiger partial charge in [-0.05, 0) is 25.3 Å². The molecule has 0 spiro atoms. The summed E-state index contributed by atoms with van der Waals surface area (Å²) in [6.45, 7) is 6.41. The lowest BCUT2D eigenvalue weighted by atomic mass is 10.0. The minimum atomic E-state index is 0.178. The van der Waals surface area contributed by atoms with Crippen LogP contribution in [0.4, 0.5) is 5.82 Å². The Morgan fingerprint density at radius 3 is 2.89 bits per heavy atom. The van der Waals surface area contributed by atoms with E-state index in [-0.39, 0.29) is 12.6 Å². The van der Waals surface area contributed by atoms with Gasteiger partial charge in [0.15, 0.2) is 5.82 Å². The fourth-order valence-electron chi connectivity index (χ4n) is 2.04. The number of nitrogens with zero attached hydrogens (tertiary/aromatic N) is 3. The lowest BCUT2D eigenvalue weighted by Crippen LogP contribution is -2.27. The van der Waals surface area contributed by atoms with Gasteiger partial charge in [0.25, 0.3) is 0 Å². The van der Waals surface area contributed by atoms with Crippen LogP contribution < -0.4 is 5.32 Å². The fraction of sp³-hybridized carbons (Fsp3) is 0.538. The van der Waals surface area contributed by atoms with E-state index in [1.807, 2.05) is 23.7 Å². The van der Waals surface area contributed by atoms with Gasteiger partial charge < -0.3 is 10.4 Å². The van der Waals surface area contributed by atoms with Gasteiger partial charge in [0.05, 0.1) is 5.69 Å². The van der Waals surface area contributed by atoms with Crippen molar-refractivity contribution in [2.24, 2.45) is 5.92 Å². The van der Waals surface area contributed by atoms with Crippen molar-refractivity contribution in [1.29, 1.82) is 0 Å². The molecule has 0 aliphatic rings. The minimum Gasteiger partial charge on any atom is -0.396 e. The molecule has 0 aliphatic carbocycles. The van der Waals surface area contributed by atoms with Crippen LogP contribution in [0.15, 0.2) is 18.5 Å². The van der Waals surface area contributed by atoms with Gasteiger partial charge in [0, 0.05) is 25.0 Å². The van der Waals surface area contributed by atoms with Crippen LogP contribution in [0, 0.1) is 12.8 Å². The quantitative estimate of drug-likeness (QED) is 0.847. The molecule has 0 saturated heterocycles. The molecule has 2 aromatic heterocycles. The number of anilines is 1. The number of aryl methyl sites for hydroxylation is 1. The maximum atomic E-state index is 9.10. The van der Waals surface area contributed by atoms with E-state index in [2.05, 4.69) is 29.2 Å². The highest BCUT2D eigenvalue weighted by Crippen LogP contribution is 2.18. The average Bonchev–Trinajstić information content (AvgIpc) is 2.69. The molecule has 1 atom stereocenters.